The zero-order valence-corrected chi connectivity index (χ0v) is 16.3. The van der Waals surface area contributed by atoms with E-state index in [1.54, 1.807) is 0 Å². The summed E-state index contributed by atoms with van der Waals surface area (Å²) in [6.45, 7) is 10.6. The minimum Gasteiger partial charge on any atom is -0.490 e. The number of hydrogen-bond acceptors (Lipinski definition) is 4. The highest BCUT2D eigenvalue weighted by atomic mass is 16.5. The third-order valence-corrected chi connectivity index (χ3v) is 5.48. The minimum absolute atomic E-state index is 0.0274. The van der Waals surface area contributed by atoms with Gasteiger partial charge >= 0.3 is 0 Å². The number of hydrogen-bond donors (Lipinski definition) is 0. The van der Waals surface area contributed by atoms with Crippen molar-refractivity contribution in [1.82, 2.24) is 9.80 Å². The number of amides is 1. The molecule has 1 aromatic carbocycles. The van der Waals surface area contributed by atoms with Crippen LogP contribution in [0.2, 0.25) is 0 Å². The summed E-state index contributed by atoms with van der Waals surface area (Å²) < 4.78 is 12.0. The van der Waals surface area contributed by atoms with Crippen molar-refractivity contribution in [2.45, 2.75) is 58.3 Å². The predicted molar refractivity (Wildman–Crippen MR) is 102 cm³/mol. The summed E-state index contributed by atoms with van der Waals surface area (Å²) in [7, 11) is 0. The van der Waals surface area contributed by atoms with Crippen molar-refractivity contribution in [3.8, 4) is 5.75 Å². The Kier molecular flexibility index (Phi) is 6.54. The van der Waals surface area contributed by atoms with Gasteiger partial charge in [0.1, 0.15) is 11.9 Å². The molecule has 1 amide bonds. The Balaban J connectivity index is 1.44. The fourth-order valence-corrected chi connectivity index (χ4v) is 3.75. The maximum atomic E-state index is 12.6. The van der Waals surface area contributed by atoms with E-state index in [4.69, 9.17) is 9.47 Å². The fraction of sp³-hybridized carbons (Fsp3) is 0.667. The minimum atomic E-state index is 0.0274. The number of morpholine rings is 1. The number of rotatable bonds is 5. The van der Waals surface area contributed by atoms with Gasteiger partial charge in [-0.15, -0.1) is 0 Å². The first-order valence-corrected chi connectivity index (χ1v) is 9.88. The Bertz CT molecular complexity index is 597. The highest BCUT2D eigenvalue weighted by Gasteiger charge is 2.29. The van der Waals surface area contributed by atoms with Crippen LogP contribution in [0.4, 0.5) is 0 Å². The summed E-state index contributed by atoms with van der Waals surface area (Å²) in [5.74, 6) is 1.18. The zero-order valence-electron chi connectivity index (χ0n) is 16.3. The van der Waals surface area contributed by atoms with Gasteiger partial charge < -0.3 is 14.4 Å². The molecule has 26 heavy (non-hydrogen) atoms. The number of nitrogens with zero attached hydrogens (tertiary/aromatic N) is 2. The predicted octanol–water partition coefficient (Wildman–Crippen LogP) is 2.86. The lowest BCUT2D eigenvalue weighted by Gasteiger charge is -2.37. The summed E-state index contributed by atoms with van der Waals surface area (Å²) in [4.78, 5) is 17.0. The van der Waals surface area contributed by atoms with Gasteiger partial charge in [0.05, 0.1) is 19.1 Å². The van der Waals surface area contributed by atoms with Crippen molar-refractivity contribution in [1.29, 1.82) is 0 Å². The molecule has 0 spiro atoms. The third kappa shape index (κ3) is 4.98. The first kappa shape index (κ1) is 19.2. The molecule has 2 aliphatic heterocycles. The van der Waals surface area contributed by atoms with Crippen LogP contribution in [0.1, 0.15) is 38.7 Å². The van der Waals surface area contributed by atoms with Crippen LogP contribution in [0.15, 0.2) is 24.3 Å². The number of carbonyl (C=O) groups is 1. The Labute approximate surface area is 157 Å². The second-order valence-corrected chi connectivity index (χ2v) is 7.75. The molecule has 0 unspecified atom stereocenters. The number of para-hydroxylation sites is 1. The molecule has 3 rings (SSSR count). The molecule has 0 N–H and O–H groups in total. The van der Waals surface area contributed by atoms with E-state index in [0.717, 1.165) is 56.9 Å². The Morgan fingerprint density at radius 2 is 1.96 bits per heavy atom. The molecule has 0 aliphatic carbocycles. The van der Waals surface area contributed by atoms with E-state index in [0.29, 0.717) is 12.5 Å². The summed E-state index contributed by atoms with van der Waals surface area (Å²) >= 11 is 0. The topological polar surface area (TPSA) is 42.0 Å². The Morgan fingerprint density at radius 3 is 2.65 bits per heavy atom. The molecule has 0 bridgehead atoms. The van der Waals surface area contributed by atoms with Crippen molar-refractivity contribution >= 4 is 5.91 Å². The highest BCUT2D eigenvalue weighted by molar-refractivity contribution is 5.76. The first-order valence-electron chi connectivity index (χ1n) is 9.88. The summed E-state index contributed by atoms with van der Waals surface area (Å²) in [6, 6.07) is 8.63. The lowest BCUT2D eigenvalue weighted by atomic mass is 10.1. The van der Waals surface area contributed by atoms with Gasteiger partial charge in [0.25, 0.3) is 0 Å². The van der Waals surface area contributed by atoms with Gasteiger partial charge in [0, 0.05) is 45.1 Å². The molecule has 1 atom stereocenters. The van der Waals surface area contributed by atoms with Crippen molar-refractivity contribution < 1.29 is 14.3 Å². The molecule has 0 radical (unpaired) electrons. The van der Waals surface area contributed by atoms with Crippen LogP contribution >= 0.6 is 0 Å². The number of likely N-dealkylation sites (tertiary alicyclic amines) is 1. The summed E-state index contributed by atoms with van der Waals surface area (Å²) in [5.41, 5.74) is 1.16. The normalized spacial score (nSPS) is 22.6. The molecule has 1 aromatic rings. The number of carbonyl (C=O) groups excluding carboxylic acids is 1. The summed E-state index contributed by atoms with van der Waals surface area (Å²) in [6.07, 6.45) is 2.50. The van der Waals surface area contributed by atoms with Crippen molar-refractivity contribution in [3.05, 3.63) is 29.8 Å². The van der Waals surface area contributed by atoms with E-state index in [2.05, 4.69) is 31.7 Å². The highest BCUT2D eigenvalue weighted by Crippen LogP contribution is 2.23. The van der Waals surface area contributed by atoms with Gasteiger partial charge in [0.15, 0.2) is 0 Å². The third-order valence-electron chi connectivity index (χ3n) is 5.48. The van der Waals surface area contributed by atoms with Gasteiger partial charge in [-0.05, 0) is 32.4 Å². The number of aryl methyl sites for hydroxylation is 1. The van der Waals surface area contributed by atoms with Gasteiger partial charge in [-0.25, -0.2) is 0 Å². The monoisotopic (exact) mass is 360 g/mol. The van der Waals surface area contributed by atoms with Crippen LogP contribution in [0.5, 0.6) is 5.75 Å². The number of ether oxygens (including phenoxy) is 2. The molecule has 2 saturated heterocycles. The van der Waals surface area contributed by atoms with Crippen molar-refractivity contribution in [2.75, 3.05) is 32.8 Å². The Morgan fingerprint density at radius 1 is 1.23 bits per heavy atom. The van der Waals surface area contributed by atoms with E-state index in [1.165, 1.54) is 0 Å². The average molecular weight is 360 g/mol. The van der Waals surface area contributed by atoms with Crippen molar-refractivity contribution in [2.24, 2.45) is 0 Å². The van der Waals surface area contributed by atoms with Crippen LogP contribution in [-0.2, 0) is 9.53 Å². The second-order valence-electron chi connectivity index (χ2n) is 7.75. The largest absolute Gasteiger partial charge is 0.490 e. The van der Waals surface area contributed by atoms with E-state index >= 15 is 0 Å². The molecule has 0 saturated carbocycles. The Hall–Kier alpha value is -1.59. The van der Waals surface area contributed by atoms with Gasteiger partial charge in [-0.3, -0.25) is 9.69 Å². The molecule has 2 aliphatic rings. The number of benzene rings is 1. The SMILES string of the molecule is Cc1ccccc1OC1CCN(C(=O)C[C@H]2CN(C(C)C)CCO2)CC1. The first-order chi connectivity index (χ1) is 12.5. The average Bonchev–Trinajstić information content (AvgIpc) is 2.64. The quantitative estimate of drug-likeness (QED) is 0.810. The van der Waals surface area contributed by atoms with Crippen LogP contribution in [0, 0.1) is 6.92 Å². The lowest BCUT2D eigenvalue weighted by molar-refractivity contribution is -0.138. The molecule has 5 heteroatoms. The van der Waals surface area contributed by atoms with Gasteiger partial charge in [-0.1, -0.05) is 18.2 Å². The molecule has 2 heterocycles. The van der Waals surface area contributed by atoms with E-state index < -0.39 is 0 Å². The second kappa shape index (κ2) is 8.87. The molecule has 0 aromatic heterocycles. The molecule has 2 fully saturated rings. The standard InChI is InChI=1S/C21H32N2O3/c1-16(2)23-12-13-25-19(15-23)14-21(24)22-10-8-18(9-11-22)26-20-7-5-4-6-17(20)3/h4-7,16,18-19H,8-15H2,1-3H3/t19-/m0/s1. The lowest BCUT2D eigenvalue weighted by Crippen LogP contribution is -2.48. The summed E-state index contributed by atoms with van der Waals surface area (Å²) in [5, 5.41) is 0. The van der Waals surface area contributed by atoms with Crippen molar-refractivity contribution in [3.63, 3.8) is 0 Å². The molecular weight excluding hydrogens is 328 g/mol. The maximum absolute atomic E-state index is 12.6. The fourth-order valence-electron chi connectivity index (χ4n) is 3.75. The molecular formula is C21H32N2O3. The smallest absolute Gasteiger partial charge is 0.225 e. The van der Waals surface area contributed by atoms with Crippen LogP contribution in [-0.4, -0.2) is 66.7 Å². The van der Waals surface area contributed by atoms with E-state index in [-0.39, 0.29) is 18.1 Å². The molecule has 5 nitrogen and oxygen atoms in total. The van der Waals surface area contributed by atoms with Gasteiger partial charge in [0.2, 0.25) is 5.91 Å². The van der Waals surface area contributed by atoms with Crippen LogP contribution < -0.4 is 4.74 Å². The van der Waals surface area contributed by atoms with Crippen LogP contribution in [0.3, 0.4) is 0 Å². The zero-order chi connectivity index (χ0) is 18.5. The molecule has 144 valence electrons. The number of piperidine rings is 1. The van der Waals surface area contributed by atoms with E-state index in [9.17, 15) is 4.79 Å². The van der Waals surface area contributed by atoms with E-state index in [1.807, 2.05) is 23.1 Å². The van der Waals surface area contributed by atoms with Crippen LogP contribution in [0.25, 0.3) is 0 Å². The van der Waals surface area contributed by atoms with Gasteiger partial charge in [-0.2, -0.15) is 0 Å². The maximum Gasteiger partial charge on any atom is 0.225 e.